The fourth-order valence-electron chi connectivity index (χ4n) is 0.832. The van der Waals surface area contributed by atoms with Crippen LogP contribution >= 0.6 is 0 Å². The molecule has 0 atom stereocenters. The lowest BCUT2D eigenvalue weighted by Gasteiger charge is -2.24. The predicted octanol–water partition coefficient (Wildman–Crippen LogP) is 0.437. The smallest absolute Gasteiger partial charge is 0.107 e. The van der Waals surface area contributed by atoms with Gasteiger partial charge in [0.05, 0.1) is 39.6 Å². The number of aliphatic hydroxyl groups excluding tert-OH is 5. The van der Waals surface area contributed by atoms with E-state index in [0.717, 1.165) is 0 Å². The molecule has 0 saturated carbocycles. The largest absolute Gasteiger partial charge is 0.462 e. The molecule has 0 spiro atoms. The summed E-state index contributed by atoms with van der Waals surface area (Å²) in [6.45, 7) is 9.56. The third kappa shape index (κ3) is 18.6. The van der Waals surface area contributed by atoms with Gasteiger partial charge in [-0.1, -0.05) is 25.0 Å². The quantitative estimate of drug-likeness (QED) is 0.240. The van der Waals surface area contributed by atoms with Crippen molar-refractivity contribution in [2.24, 2.45) is 5.41 Å². The summed E-state index contributed by atoms with van der Waals surface area (Å²) < 4.78 is 4.90. The van der Waals surface area contributed by atoms with E-state index in [1.54, 1.807) is 18.3 Å². The van der Waals surface area contributed by atoms with E-state index in [9.17, 15) is 0 Å². The van der Waals surface area contributed by atoms with Gasteiger partial charge in [-0.25, -0.2) is 0 Å². The zero-order chi connectivity index (χ0) is 17.7. The first-order valence-corrected chi connectivity index (χ1v) is 6.92. The van der Waals surface area contributed by atoms with Crippen molar-refractivity contribution in [1.29, 1.82) is 0 Å². The maximum atomic E-state index is 8.66. The first-order valence-electron chi connectivity index (χ1n) is 6.92. The fourth-order valence-corrected chi connectivity index (χ4v) is 0.832. The minimum atomic E-state index is -0.667. The van der Waals surface area contributed by atoms with Gasteiger partial charge in [-0.2, -0.15) is 0 Å². The highest BCUT2D eigenvalue weighted by Crippen LogP contribution is 2.18. The molecule has 0 heterocycles. The van der Waals surface area contributed by atoms with Crippen molar-refractivity contribution in [3.8, 4) is 12.0 Å². The predicted molar refractivity (Wildman–Crippen MR) is 86.6 cm³/mol. The standard InChI is InChI=1S/C6H14O3.C6H10O.C4H6O2/c1-2-6(3-7,4-8)5-9;1-3-5-7-6-4-2;5-3-1-2-4-6/h7-9H,2-5H2,1H3;3-4H,1-2,5-6H2;5-6H,1,3H2. The van der Waals surface area contributed by atoms with Crippen LogP contribution in [0.15, 0.2) is 25.3 Å². The van der Waals surface area contributed by atoms with Crippen molar-refractivity contribution in [2.75, 3.05) is 39.6 Å². The van der Waals surface area contributed by atoms with Crippen LogP contribution in [0.5, 0.6) is 0 Å². The molecule has 0 saturated heterocycles. The van der Waals surface area contributed by atoms with E-state index in [1.165, 1.54) is 0 Å². The van der Waals surface area contributed by atoms with Crippen molar-refractivity contribution in [1.82, 2.24) is 0 Å². The van der Waals surface area contributed by atoms with Crippen LogP contribution in [0.3, 0.4) is 0 Å². The van der Waals surface area contributed by atoms with Crippen LogP contribution in [0, 0.1) is 17.4 Å². The molecule has 0 radical (unpaired) electrons. The molecular weight excluding hydrogens is 288 g/mol. The van der Waals surface area contributed by atoms with Crippen molar-refractivity contribution >= 4 is 0 Å². The lowest BCUT2D eigenvalue weighted by atomic mass is 9.88. The zero-order valence-corrected chi connectivity index (χ0v) is 13.4. The summed E-state index contributed by atoms with van der Waals surface area (Å²) in [5, 5.41) is 41.7. The lowest BCUT2D eigenvalue weighted by Crippen LogP contribution is -2.32. The highest BCUT2D eigenvalue weighted by atomic mass is 16.5. The van der Waals surface area contributed by atoms with Crippen LogP contribution in [-0.2, 0) is 4.74 Å². The van der Waals surface area contributed by atoms with Crippen LogP contribution in [0.2, 0.25) is 0 Å². The minimum absolute atomic E-state index is 0.0214. The van der Waals surface area contributed by atoms with Crippen molar-refractivity contribution in [3.05, 3.63) is 25.3 Å². The van der Waals surface area contributed by atoms with Gasteiger partial charge in [-0.15, -0.1) is 13.2 Å². The molecule has 5 N–H and O–H groups in total. The van der Waals surface area contributed by atoms with Crippen LogP contribution in [0.4, 0.5) is 0 Å². The second kappa shape index (κ2) is 21.9. The number of hydrogen-bond donors (Lipinski definition) is 5. The molecule has 6 nitrogen and oxygen atoms in total. The van der Waals surface area contributed by atoms with E-state index in [1.807, 2.05) is 6.92 Å². The molecule has 0 rings (SSSR count). The average molecular weight is 318 g/mol. The topological polar surface area (TPSA) is 110 Å². The van der Waals surface area contributed by atoms with Gasteiger partial charge in [-0.3, -0.25) is 0 Å². The SMILES string of the molecule is C=CCOCC=C.CCC(CO)(CO)CO.OC#CCCO. The average Bonchev–Trinajstić information content (AvgIpc) is 2.57. The first-order chi connectivity index (χ1) is 10.6. The summed E-state index contributed by atoms with van der Waals surface area (Å²) >= 11 is 0. The van der Waals surface area contributed by atoms with E-state index >= 15 is 0 Å². The summed E-state index contributed by atoms with van der Waals surface area (Å²) in [4.78, 5) is 0. The molecule has 0 aromatic rings. The molecule has 0 unspecified atom stereocenters. The van der Waals surface area contributed by atoms with Gasteiger partial charge in [0.15, 0.2) is 0 Å². The number of rotatable bonds is 9. The molecular formula is C16H30O6. The molecule has 0 aliphatic carbocycles. The second-order valence-corrected chi connectivity index (χ2v) is 4.20. The van der Waals surface area contributed by atoms with Gasteiger partial charge in [0, 0.05) is 11.8 Å². The van der Waals surface area contributed by atoms with Gasteiger partial charge >= 0.3 is 0 Å². The Morgan fingerprint density at radius 1 is 1.00 bits per heavy atom. The molecule has 130 valence electrons. The summed E-state index contributed by atoms with van der Waals surface area (Å²) in [5.74, 6) is 2.25. The maximum absolute atomic E-state index is 8.66. The summed E-state index contributed by atoms with van der Waals surface area (Å²) in [7, 11) is 0. The van der Waals surface area contributed by atoms with E-state index in [0.29, 0.717) is 26.1 Å². The van der Waals surface area contributed by atoms with Crippen molar-refractivity contribution in [3.63, 3.8) is 0 Å². The Bertz CT molecular complexity index is 263. The number of ether oxygens (including phenoxy) is 1. The van der Waals surface area contributed by atoms with Crippen LogP contribution < -0.4 is 0 Å². The minimum Gasteiger partial charge on any atom is -0.462 e. The Morgan fingerprint density at radius 3 is 1.59 bits per heavy atom. The van der Waals surface area contributed by atoms with E-state index in [2.05, 4.69) is 19.1 Å². The lowest BCUT2D eigenvalue weighted by molar-refractivity contribution is 0.00304. The number of hydrogen-bond acceptors (Lipinski definition) is 6. The molecule has 0 bridgehead atoms. The molecule has 0 aromatic heterocycles. The third-order valence-corrected chi connectivity index (χ3v) is 2.54. The van der Waals surface area contributed by atoms with E-state index in [4.69, 9.17) is 30.3 Å². The monoisotopic (exact) mass is 318 g/mol. The molecule has 0 amide bonds. The Kier molecular flexibility index (Phi) is 25.5. The van der Waals surface area contributed by atoms with Crippen molar-refractivity contribution in [2.45, 2.75) is 19.8 Å². The van der Waals surface area contributed by atoms with Gasteiger partial charge in [0.1, 0.15) is 6.11 Å². The van der Waals surface area contributed by atoms with Gasteiger partial charge in [0.25, 0.3) is 0 Å². The molecule has 0 fully saturated rings. The highest BCUT2D eigenvalue weighted by Gasteiger charge is 2.24. The van der Waals surface area contributed by atoms with Gasteiger partial charge in [-0.05, 0) is 6.42 Å². The van der Waals surface area contributed by atoms with Crippen LogP contribution in [-0.4, -0.2) is 65.2 Å². The van der Waals surface area contributed by atoms with Crippen molar-refractivity contribution < 1.29 is 30.3 Å². The molecule has 6 heteroatoms. The van der Waals surface area contributed by atoms with Crippen LogP contribution in [0.25, 0.3) is 0 Å². The molecule has 0 aliphatic rings. The normalized spacial score (nSPS) is 9.14. The Morgan fingerprint density at radius 2 is 1.45 bits per heavy atom. The van der Waals surface area contributed by atoms with Gasteiger partial charge in [0.2, 0.25) is 0 Å². The molecule has 22 heavy (non-hydrogen) atoms. The van der Waals surface area contributed by atoms with E-state index < -0.39 is 5.41 Å². The second-order valence-electron chi connectivity index (χ2n) is 4.20. The summed E-state index contributed by atoms with van der Waals surface area (Å²) in [5.41, 5.74) is -0.667. The number of aliphatic hydroxyl groups is 5. The Balaban J connectivity index is -0.000000252. The summed E-state index contributed by atoms with van der Waals surface area (Å²) in [6, 6.07) is 0. The van der Waals surface area contributed by atoms with E-state index in [-0.39, 0.29) is 26.4 Å². The molecule has 0 aliphatic heterocycles. The van der Waals surface area contributed by atoms with Gasteiger partial charge < -0.3 is 30.3 Å². The fraction of sp³-hybridized carbons (Fsp3) is 0.625. The highest BCUT2D eigenvalue weighted by molar-refractivity contribution is 4.88. The maximum Gasteiger partial charge on any atom is 0.107 e. The summed E-state index contributed by atoms with van der Waals surface area (Å²) in [6.07, 6.45) is 6.03. The Labute approximate surface area is 133 Å². The third-order valence-electron chi connectivity index (χ3n) is 2.54. The molecule has 0 aromatic carbocycles. The Hall–Kier alpha value is -1.36. The first kappa shape index (κ1) is 25.6. The zero-order valence-electron chi connectivity index (χ0n) is 13.4. The van der Waals surface area contributed by atoms with Crippen LogP contribution in [0.1, 0.15) is 19.8 Å².